The second-order valence-corrected chi connectivity index (χ2v) is 4.70. The first-order valence-corrected chi connectivity index (χ1v) is 6.54. The van der Waals surface area contributed by atoms with Crippen LogP contribution in [-0.2, 0) is 17.8 Å². The van der Waals surface area contributed by atoms with E-state index in [1.807, 2.05) is 30.3 Å². The first-order valence-electron chi connectivity index (χ1n) is 6.54. The Hall–Kier alpha value is -2.62. The van der Waals surface area contributed by atoms with Gasteiger partial charge in [-0.2, -0.15) is 5.10 Å². The zero-order chi connectivity index (χ0) is 13.8. The molecular weight excluding hydrogens is 250 g/mol. The summed E-state index contributed by atoms with van der Waals surface area (Å²) < 4.78 is 0. The Morgan fingerprint density at radius 2 is 2.00 bits per heavy atom. The van der Waals surface area contributed by atoms with E-state index < -0.39 is 0 Å². The number of hydrogen-bond donors (Lipinski definition) is 2. The molecule has 0 aliphatic carbocycles. The maximum atomic E-state index is 12.0. The number of benzene rings is 2. The molecule has 0 radical (unpaired) electrons. The second-order valence-electron chi connectivity index (χ2n) is 4.70. The fraction of sp³-hybridized carbons (Fsp3) is 0.125. The molecule has 0 spiro atoms. The van der Waals surface area contributed by atoms with Crippen molar-refractivity contribution < 1.29 is 4.79 Å². The van der Waals surface area contributed by atoms with Gasteiger partial charge in [-0.3, -0.25) is 9.89 Å². The van der Waals surface area contributed by atoms with Gasteiger partial charge >= 0.3 is 0 Å². The van der Waals surface area contributed by atoms with E-state index in [1.165, 1.54) is 0 Å². The fourth-order valence-corrected chi connectivity index (χ4v) is 2.26. The smallest absolute Gasteiger partial charge is 0.224 e. The number of rotatable bonds is 4. The van der Waals surface area contributed by atoms with Gasteiger partial charge in [-0.1, -0.05) is 42.5 Å². The van der Waals surface area contributed by atoms with Crippen molar-refractivity contribution in [3.05, 3.63) is 66.0 Å². The second kappa shape index (κ2) is 5.57. The Morgan fingerprint density at radius 1 is 1.15 bits per heavy atom. The molecule has 0 bridgehead atoms. The number of hydrogen-bond acceptors (Lipinski definition) is 2. The molecule has 20 heavy (non-hydrogen) atoms. The van der Waals surface area contributed by atoms with Crippen molar-refractivity contribution in [3.8, 4) is 0 Å². The molecule has 0 saturated heterocycles. The first-order chi connectivity index (χ1) is 9.83. The summed E-state index contributed by atoms with van der Waals surface area (Å²) >= 11 is 0. The Labute approximate surface area is 116 Å². The molecule has 0 unspecified atom stereocenters. The molecule has 3 aromatic rings. The van der Waals surface area contributed by atoms with E-state index in [2.05, 4.69) is 27.6 Å². The van der Waals surface area contributed by atoms with Gasteiger partial charge in [0.15, 0.2) is 0 Å². The van der Waals surface area contributed by atoms with Crippen LogP contribution in [0.2, 0.25) is 0 Å². The van der Waals surface area contributed by atoms with Crippen LogP contribution < -0.4 is 5.32 Å². The molecule has 2 N–H and O–H groups in total. The highest BCUT2D eigenvalue weighted by atomic mass is 16.1. The predicted molar refractivity (Wildman–Crippen MR) is 78.1 cm³/mol. The van der Waals surface area contributed by atoms with Crippen molar-refractivity contribution in [1.82, 2.24) is 15.5 Å². The van der Waals surface area contributed by atoms with Gasteiger partial charge in [0.1, 0.15) is 0 Å². The minimum absolute atomic E-state index is 0.0163. The highest BCUT2D eigenvalue weighted by Crippen LogP contribution is 2.18. The topological polar surface area (TPSA) is 57.8 Å². The normalized spacial score (nSPS) is 10.6. The van der Waals surface area contributed by atoms with Crippen molar-refractivity contribution in [2.75, 3.05) is 0 Å². The number of aromatic amines is 1. The molecule has 1 aromatic heterocycles. The molecule has 0 saturated carbocycles. The lowest BCUT2D eigenvalue weighted by molar-refractivity contribution is -0.120. The van der Waals surface area contributed by atoms with E-state index >= 15 is 0 Å². The molecule has 0 fully saturated rings. The van der Waals surface area contributed by atoms with Crippen LogP contribution in [0.3, 0.4) is 0 Å². The number of carbonyl (C=O) groups is 1. The predicted octanol–water partition coefficient (Wildman–Crippen LogP) is 2.42. The molecular formula is C16H15N3O. The summed E-state index contributed by atoms with van der Waals surface area (Å²) in [5.74, 6) is 0.0163. The lowest BCUT2D eigenvalue weighted by atomic mass is 10.0. The number of carbonyl (C=O) groups excluding carboxylic acids is 1. The molecule has 0 aliphatic rings. The Bertz CT molecular complexity index is 714. The molecule has 0 atom stereocenters. The molecule has 4 heteroatoms. The van der Waals surface area contributed by atoms with Crippen LogP contribution in [0.15, 0.2) is 54.9 Å². The van der Waals surface area contributed by atoms with Crippen LogP contribution in [0.1, 0.15) is 11.1 Å². The first kappa shape index (κ1) is 12.4. The van der Waals surface area contributed by atoms with E-state index in [4.69, 9.17) is 0 Å². The van der Waals surface area contributed by atoms with Crippen LogP contribution in [0.25, 0.3) is 10.8 Å². The molecule has 3 rings (SSSR count). The third-order valence-electron chi connectivity index (χ3n) is 3.28. The number of amides is 1. The lowest BCUT2D eigenvalue weighted by Crippen LogP contribution is -2.24. The van der Waals surface area contributed by atoms with Crippen molar-refractivity contribution in [3.63, 3.8) is 0 Å². The maximum Gasteiger partial charge on any atom is 0.224 e. The van der Waals surface area contributed by atoms with E-state index in [9.17, 15) is 4.79 Å². The molecule has 2 aromatic carbocycles. The van der Waals surface area contributed by atoms with Gasteiger partial charge in [-0.05, 0) is 16.3 Å². The van der Waals surface area contributed by atoms with Crippen LogP contribution in [0.5, 0.6) is 0 Å². The van der Waals surface area contributed by atoms with Gasteiger partial charge < -0.3 is 5.32 Å². The molecule has 100 valence electrons. The van der Waals surface area contributed by atoms with Crippen LogP contribution >= 0.6 is 0 Å². The van der Waals surface area contributed by atoms with E-state index in [1.54, 1.807) is 12.4 Å². The Kier molecular flexibility index (Phi) is 3.46. The monoisotopic (exact) mass is 265 g/mol. The SMILES string of the molecule is O=C(Cc1cccc2ccccc12)NCc1cn[nH]c1. The molecule has 0 aliphatic heterocycles. The highest BCUT2D eigenvalue weighted by molar-refractivity contribution is 5.90. The molecule has 4 nitrogen and oxygen atoms in total. The average molecular weight is 265 g/mol. The third-order valence-corrected chi connectivity index (χ3v) is 3.28. The van der Waals surface area contributed by atoms with Crippen molar-refractivity contribution in [2.24, 2.45) is 0 Å². The zero-order valence-corrected chi connectivity index (χ0v) is 11.0. The summed E-state index contributed by atoms with van der Waals surface area (Å²) in [6.07, 6.45) is 3.87. The van der Waals surface area contributed by atoms with Crippen LogP contribution in [0, 0.1) is 0 Å². The van der Waals surface area contributed by atoms with E-state index in [0.29, 0.717) is 13.0 Å². The number of aromatic nitrogens is 2. The Morgan fingerprint density at radius 3 is 2.85 bits per heavy atom. The number of nitrogens with zero attached hydrogens (tertiary/aromatic N) is 1. The maximum absolute atomic E-state index is 12.0. The molecule has 1 heterocycles. The van der Waals surface area contributed by atoms with Crippen LogP contribution in [0.4, 0.5) is 0 Å². The highest BCUT2D eigenvalue weighted by Gasteiger charge is 2.06. The zero-order valence-electron chi connectivity index (χ0n) is 11.0. The number of nitrogens with one attached hydrogen (secondary N) is 2. The van der Waals surface area contributed by atoms with Gasteiger partial charge in [0.25, 0.3) is 0 Å². The number of H-pyrrole nitrogens is 1. The minimum Gasteiger partial charge on any atom is -0.352 e. The molecule has 1 amide bonds. The van der Waals surface area contributed by atoms with E-state index in [-0.39, 0.29) is 5.91 Å². The summed E-state index contributed by atoms with van der Waals surface area (Å²) in [6.45, 7) is 0.500. The van der Waals surface area contributed by atoms with Crippen molar-refractivity contribution in [1.29, 1.82) is 0 Å². The summed E-state index contributed by atoms with van der Waals surface area (Å²) in [7, 11) is 0. The van der Waals surface area contributed by atoms with Gasteiger partial charge in [0.05, 0.1) is 12.6 Å². The minimum atomic E-state index is 0.0163. The quantitative estimate of drug-likeness (QED) is 0.761. The average Bonchev–Trinajstić information content (AvgIpc) is 2.99. The van der Waals surface area contributed by atoms with E-state index in [0.717, 1.165) is 21.9 Å². The number of fused-ring (bicyclic) bond motifs is 1. The summed E-state index contributed by atoms with van der Waals surface area (Å²) in [5, 5.41) is 11.8. The lowest BCUT2D eigenvalue weighted by Gasteiger charge is -2.07. The Balaban J connectivity index is 1.71. The van der Waals surface area contributed by atoms with Gasteiger partial charge in [-0.15, -0.1) is 0 Å². The summed E-state index contributed by atoms with van der Waals surface area (Å²) in [4.78, 5) is 12.0. The summed E-state index contributed by atoms with van der Waals surface area (Å²) in [5.41, 5.74) is 2.02. The largest absolute Gasteiger partial charge is 0.352 e. The third kappa shape index (κ3) is 2.69. The van der Waals surface area contributed by atoms with Crippen molar-refractivity contribution in [2.45, 2.75) is 13.0 Å². The van der Waals surface area contributed by atoms with Crippen LogP contribution in [-0.4, -0.2) is 16.1 Å². The fourth-order valence-electron chi connectivity index (χ4n) is 2.26. The van der Waals surface area contributed by atoms with Gasteiger partial charge in [-0.25, -0.2) is 0 Å². The van der Waals surface area contributed by atoms with Gasteiger partial charge in [0.2, 0.25) is 5.91 Å². The summed E-state index contributed by atoms with van der Waals surface area (Å²) in [6, 6.07) is 14.2. The van der Waals surface area contributed by atoms with Gasteiger partial charge in [0, 0.05) is 18.3 Å². The van der Waals surface area contributed by atoms with Crippen molar-refractivity contribution >= 4 is 16.7 Å². The standard InChI is InChI=1S/C16H15N3O/c20-16(17-9-12-10-18-19-11-12)8-14-6-3-5-13-4-1-2-7-15(13)14/h1-7,10-11H,8-9H2,(H,17,20)(H,18,19).